The van der Waals surface area contributed by atoms with Crippen LogP contribution in [0.3, 0.4) is 0 Å². The normalized spacial score (nSPS) is 15.1. The van der Waals surface area contributed by atoms with Gasteiger partial charge in [0.1, 0.15) is 0 Å². The Bertz CT molecular complexity index is 1070. The number of hydrazine groups is 1. The summed E-state index contributed by atoms with van der Waals surface area (Å²) in [5.41, 5.74) is 5.30. The van der Waals surface area contributed by atoms with Gasteiger partial charge in [-0.2, -0.15) is 0 Å². The molecule has 2 amide bonds. The molecule has 0 unspecified atom stereocenters. The summed E-state index contributed by atoms with van der Waals surface area (Å²) in [5, 5.41) is 0.907. The minimum Gasteiger partial charge on any atom is -0.455 e. The van der Waals surface area contributed by atoms with Gasteiger partial charge in [0.05, 0.1) is 20.6 Å². The van der Waals surface area contributed by atoms with Gasteiger partial charge in [-0.15, -0.1) is 11.3 Å². The van der Waals surface area contributed by atoms with Gasteiger partial charge in [0.25, 0.3) is 11.8 Å². The predicted molar refractivity (Wildman–Crippen MR) is 122 cm³/mol. The Hall–Kier alpha value is -3.26. The van der Waals surface area contributed by atoms with E-state index >= 15 is 0 Å². The van der Waals surface area contributed by atoms with Crippen LogP contribution in [0.1, 0.15) is 47.5 Å². The van der Waals surface area contributed by atoms with Crippen molar-refractivity contribution in [3.05, 3.63) is 65.2 Å². The molecule has 1 fully saturated rings. The van der Waals surface area contributed by atoms with E-state index in [-0.39, 0.29) is 5.97 Å². The Morgan fingerprint density at radius 2 is 1.66 bits per heavy atom. The van der Waals surface area contributed by atoms with E-state index in [1.165, 1.54) is 0 Å². The molecule has 0 aliphatic heterocycles. The molecule has 1 heterocycles. The van der Waals surface area contributed by atoms with Crippen molar-refractivity contribution >= 4 is 39.3 Å². The fourth-order valence-electron chi connectivity index (χ4n) is 4.08. The number of rotatable bonds is 6. The minimum atomic E-state index is -0.667. The highest BCUT2D eigenvalue weighted by Crippen LogP contribution is 2.41. The number of hydrogen-bond acceptors (Lipinski definition) is 6. The van der Waals surface area contributed by atoms with Crippen LogP contribution < -0.4 is 10.9 Å². The third-order valence-corrected chi connectivity index (χ3v) is 6.79. The molecule has 166 valence electrons. The van der Waals surface area contributed by atoms with E-state index in [1.54, 1.807) is 41.7 Å². The maximum atomic E-state index is 13.1. The summed E-state index contributed by atoms with van der Waals surface area (Å²) in [5.74, 6) is -1.40. The Kier molecular flexibility index (Phi) is 6.80. The highest BCUT2D eigenvalue weighted by Gasteiger charge is 2.42. The van der Waals surface area contributed by atoms with E-state index in [0.717, 1.165) is 34.5 Å². The fourth-order valence-corrected chi connectivity index (χ4v) is 5.19. The first-order valence-electron chi connectivity index (χ1n) is 10.7. The SMILES string of the molecule is O=C(COC(=O)C1(Cc2nc3ccccc3s2)CCCCC1)NNC(=O)c1ccccc1. The molecule has 2 aromatic carbocycles. The second-order valence-corrected chi connectivity index (χ2v) is 9.15. The summed E-state index contributed by atoms with van der Waals surface area (Å²) in [6.07, 6.45) is 4.92. The number of aromatic nitrogens is 1. The Balaban J connectivity index is 1.35. The van der Waals surface area contributed by atoms with Crippen molar-refractivity contribution in [1.29, 1.82) is 0 Å². The molecular formula is C24H25N3O4S. The molecule has 7 nitrogen and oxygen atoms in total. The van der Waals surface area contributed by atoms with Gasteiger partial charge in [0.2, 0.25) is 0 Å². The van der Waals surface area contributed by atoms with Crippen LogP contribution in [0.15, 0.2) is 54.6 Å². The molecule has 0 atom stereocenters. The summed E-state index contributed by atoms with van der Waals surface area (Å²) in [4.78, 5) is 41.9. The number of carbonyl (C=O) groups is 3. The first-order valence-corrected chi connectivity index (χ1v) is 11.5. The number of nitrogens with one attached hydrogen (secondary N) is 2. The summed E-state index contributed by atoms with van der Waals surface area (Å²) in [6, 6.07) is 16.4. The monoisotopic (exact) mass is 451 g/mol. The van der Waals surface area contributed by atoms with E-state index in [4.69, 9.17) is 9.72 Å². The quantitative estimate of drug-likeness (QED) is 0.439. The van der Waals surface area contributed by atoms with Crippen molar-refractivity contribution in [1.82, 2.24) is 15.8 Å². The molecule has 2 N–H and O–H groups in total. The van der Waals surface area contributed by atoms with Gasteiger partial charge in [-0.05, 0) is 37.1 Å². The molecule has 1 aromatic heterocycles. The van der Waals surface area contributed by atoms with Crippen LogP contribution >= 0.6 is 11.3 Å². The van der Waals surface area contributed by atoms with Crippen LogP contribution in [-0.2, 0) is 20.7 Å². The van der Waals surface area contributed by atoms with E-state index < -0.39 is 23.8 Å². The lowest BCUT2D eigenvalue weighted by molar-refractivity contribution is -0.161. The lowest BCUT2D eigenvalue weighted by Gasteiger charge is -2.34. The standard InChI is InChI=1S/C24H25N3O4S/c28-20(26-27-22(29)17-9-3-1-4-10-17)16-31-23(30)24(13-7-2-8-14-24)15-21-25-18-11-5-6-12-19(18)32-21/h1,3-6,9-12H,2,7-8,13-16H2,(H,26,28)(H,27,29). The van der Waals surface area contributed by atoms with Crippen LogP contribution in [0.25, 0.3) is 10.2 Å². The molecule has 1 saturated carbocycles. The highest BCUT2D eigenvalue weighted by atomic mass is 32.1. The average molecular weight is 452 g/mol. The van der Waals surface area contributed by atoms with Crippen LogP contribution in [0.4, 0.5) is 0 Å². The van der Waals surface area contributed by atoms with E-state index in [1.807, 2.05) is 24.3 Å². The number of thiazole rings is 1. The molecule has 8 heteroatoms. The first-order chi connectivity index (χ1) is 15.6. The third kappa shape index (κ3) is 5.13. The zero-order valence-electron chi connectivity index (χ0n) is 17.6. The average Bonchev–Trinajstić information content (AvgIpc) is 3.24. The summed E-state index contributed by atoms with van der Waals surface area (Å²) in [7, 11) is 0. The molecule has 0 radical (unpaired) electrons. The highest BCUT2D eigenvalue weighted by molar-refractivity contribution is 7.18. The van der Waals surface area contributed by atoms with Gasteiger partial charge in [0, 0.05) is 12.0 Å². The number of fused-ring (bicyclic) bond motifs is 1. The Labute approximate surface area is 190 Å². The van der Waals surface area contributed by atoms with Crippen LogP contribution in [0.5, 0.6) is 0 Å². The van der Waals surface area contributed by atoms with Crippen LogP contribution in [-0.4, -0.2) is 29.4 Å². The number of benzene rings is 2. The van der Waals surface area contributed by atoms with E-state index in [0.29, 0.717) is 24.8 Å². The van der Waals surface area contributed by atoms with Crippen molar-refractivity contribution in [3.63, 3.8) is 0 Å². The number of nitrogens with zero attached hydrogens (tertiary/aromatic N) is 1. The zero-order chi connectivity index (χ0) is 22.4. The maximum absolute atomic E-state index is 13.1. The molecule has 0 spiro atoms. The molecule has 32 heavy (non-hydrogen) atoms. The maximum Gasteiger partial charge on any atom is 0.313 e. The van der Waals surface area contributed by atoms with Crippen molar-refractivity contribution in [2.24, 2.45) is 5.41 Å². The van der Waals surface area contributed by atoms with Crippen molar-refractivity contribution in [3.8, 4) is 0 Å². The third-order valence-electron chi connectivity index (χ3n) is 5.76. The van der Waals surface area contributed by atoms with Gasteiger partial charge in [-0.3, -0.25) is 25.2 Å². The largest absolute Gasteiger partial charge is 0.455 e. The molecular weight excluding hydrogens is 426 g/mol. The smallest absolute Gasteiger partial charge is 0.313 e. The number of ether oxygens (including phenoxy) is 1. The van der Waals surface area contributed by atoms with Gasteiger partial charge in [-0.1, -0.05) is 49.6 Å². The number of amides is 2. The molecule has 0 bridgehead atoms. The van der Waals surface area contributed by atoms with Gasteiger partial charge >= 0.3 is 5.97 Å². The molecule has 1 aliphatic rings. The lowest BCUT2D eigenvalue weighted by atomic mass is 9.72. The summed E-state index contributed by atoms with van der Waals surface area (Å²) < 4.78 is 6.50. The van der Waals surface area contributed by atoms with Crippen molar-refractivity contribution in [2.75, 3.05) is 6.61 Å². The van der Waals surface area contributed by atoms with Gasteiger partial charge in [0.15, 0.2) is 6.61 Å². The number of esters is 1. The van der Waals surface area contributed by atoms with Gasteiger partial charge < -0.3 is 4.74 Å². The van der Waals surface area contributed by atoms with Crippen LogP contribution in [0.2, 0.25) is 0 Å². The summed E-state index contributed by atoms with van der Waals surface area (Å²) >= 11 is 1.59. The first kappa shape index (κ1) is 22.0. The minimum absolute atomic E-state index is 0.374. The fraction of sp³-hybridized carbons (Fsp3) is 0.333. The second-order valence-electron chi connectivity index (χ2n) is 8.04. The van der Waals surface area contributed by atoms with Crippen molar-refractivity contribution in [2.45, 2.75) is 38.5 Å². The Morgan fingerprint density at radius 3 is 2.41 bits per heavy atom. The van der Waals surface area contributed by atoms with E-state index in [2.05, 4.69) is 10.9 Å². The number of carbonyl (C=O) groups excluding carboxylic acids is 3. The molecule has 0 saturated heterocycles. The topological polar surface area (TPSA) is 97.4 Å². The molecule has 3 aromatic rings. The molecule has 1 aliphatic carbocycles. The lowest BCUT2D eigenvalue weighted by Crippen LogP contribution is -2.45. The summed E-state index contributed by atoms with van der Waals surface area (Å²) in [6.45, 7) is -0.449. The predicted octanol–water partition coefficient (Wildman–Crippen LogP) is 3.79. The van der Waals surface area contributed by atoms with E-state index in [9.17, 15) is 14.4 Å². The second kappa shape index (κ2) is 9.91. The van der Waals surface area contributed by atoms with Gasteiger partial charge in [-0.25, -0.2) is 4.98 Å². The molecule has 4 rings (SSSR count). The number of para-hydroxylation sites is 1. The van der Waals surface area contributed by atoms with Crippen LogP contribution in [0, 0.1) is 5.41 Å². The Morgan fingerprint density at radius 1 is 0.938 bits per heavy atom. The number of hydrogen-bond donors (Lipinski definition) is 2. The zero-order valence-corrected chi connectivity index (χ0v) is 18.5. The van der Waals surface area contributed by atoms with Crippen molar-refractivity contribution < 1.29 is 19.1 Å².